The molecule has 2 aromatic rings. The van der Waals surface area contributed by atoms with Gasteiger partial charge in [0.15, 0.2) is 0 Å². The first-order valence-electron chi connectivity index (χ1n) is 12.7. The smallest absolute Gasteiger partial charge is 0.322 e. The number of morpholine rings is 1. The van der Waals surface area contributed by atoms with Gasteiger partial charge in [-0.2, -0.15) is 4.98 Å². The van der Waals surface area contributed by atoms with Gasteiger partial charge < -0.3 is 24.8 Å². The van der Waals surface area contributed by atoms with Gasteiger partial charge in [-0.3, -0.25) is 0 Å². The Morgan fingerprint density at radius 1 is 1.06 bits per heavy atom. The van der Waals surface area contributed by atoms with Gasteiger partial charge in [0, 0.05) is 50.4 Å². The van der Waals surface area contributed by atoms with Crippen molar-refractivity contribution >= 4 is 23.5 Å². The molecule has 1 aromatic heterocycles. The summed E-state index contributed by atoms with van der Waals surface area (Å²) < 4.78 is 5.60. The van der Waals surface area contributed by atoms with E-state index in [1.165, 1.54) is 37.7 Å². The van der Waals surface area contributed by atoms with Gasteiger partial charge in [-0.05, 0) is 31.9 Å². The van der Waals surface area contributed by atoms with Crippen molar-refractivity contribution < 1.29 is 9.53 Å². The van der Waals surface area contributed by atoms with Gasteiger partial charge in [-0.1, -0.05) is 37.0 Å². The fourth-order valence-electron chi connectivity index (χ4n) is 5.22. The highest BCUT2D eigenvalue weighted by atomic mass is 16.5. The minimum atomic E-state index is -0.0779. The summed E-state index contributed by atoms with van der Waals surface area (Å²) in [5.74, 6) is 1.79. The van der Waals surface area contributed by atoms with E-state index in [1.807, 2.05) is 36.1 Å². The van der Waals surface area contributed by atoms with E-state index in [9.17, 15) is 4.79 Å². The Kier molecular flexibility index (Phi) is 6.85. The predicted molar refractivity (Wildman–Crippen MR) is 135 cm³/mol. The summed E-state index contributed by atoms with van der Waals surface area (Å²) in [5, 5.41) is 3.05. The van der Waals surface area contributed by atoms with Gasteiger partial charge in [0.05, 0.1) is 25.5 Å². The molecule has 1 saturated carbocycles. The summed E-state index contributed by atoms with van der Waals surface area (Å²) >= 11 is 0. The number of rotatable bonds is 4. The fraction of sp³-hybridized carbons (Fsp3) is 0.577. The summed E-state index contributed by atoms with van der Waals surface area (Å²) in [4.78, 5) is 29.7. The highest BCUT2D eigenvalue weighted by Gasteiger charge is 2.30. The number of hydrogen-bond donors (Lipinski definition) is 1. The summed E-state index contributed by atoms with van der Waals surface area (Å²) in [6.07, 6.45) is 7.03. The Morgan fingerprint density at radius 2 is 1.79 bits per heavy atom. The molecule has 8 nitrogen and oxygen atoms in total. The largest absolute Gasteiger partial charge is 0.378 e. The lowest BCUT2D eigenvalue weighted by Crippen LogP contribution is -2.43. The second-order valence-corrected chi connectivity index (χ2v) is 9.74. The van der Waals surface area contributed by atoms with Crippen molar-refractivity contribution in [3.8, 4) is 0 Å². The molecule has 1 saturated heterocycles. The Morgan fingerprint density at radius 3 is 2.53 bits per heavy atom. The molecule has 2 amide bonds. The summed E-state index contributed by atoms with van der Waals surface area (Å²) in [7, 11) is 2.14. The van der Waals surface area contributed by atoms with Crippen LogP contribution in [0.5, 0.6) is 0 Å². The molecular formula is C26H36N6O2. The maximum absolute atomic E-state index is 13.1. The lowest BCUT2D eigenvalue weighted by Gasteiger charge is -2.36. The van der Waals surface area contributed by atoms with Crippen LogP contribution in [0.1, 0.15) is 48.9 Å². The lowest BCUT2D eigenvalue weighted by atomic mass is 9.95. The molecule has 0 bridgehead atoms. The van der Waals surface area contributed by atoms with Gasteiger partial charge in [-0.25, -0.2) is 9.78 Å². The number of urea groups is 1. The fourth-order valence-corrected chi connectivity index (χ4v) is 5.22. The van der Waals surface area contributed by atoms with Gasteiger partial charge in [0.2, 0.25) is 5.95 Å². The first-order valence-corrected chi connectivity index (χ1v) is 12.7. The Bertz CT molecular complexity index is 999. The van der Waals surface area contributed by atoms with Crippen molar-refractivity contribution in [1.29, 1.82) is 0 Å². The second kappa shape index (κ2) is 10.2. The zero-order valence-electron chi connectivity index (χ0n) is 20.4. The molecule has 0 spiro atoms. The minimum Gasteiger partial charge on any atom is -0.378 e. The van der Waals surface area contributed by atoms with Crippen LogP contribution in [0, 0.1) is 6.92 Å². The third-order valence-corrected chi connectivity index (χ3v) is 7.37. The molecule has 1 aromatic carbocycles. The number of anilines is 3. The molecule has 5 rings (SSSR count). The number of carbonyl (C=O) groups excluding carboxylic acids is 1. The molecule has 0 unspecified atom stereocenters. The first kappa shape index (κ1) is 22.9. The Balaban J connectivity index is 1.40. The average molecular weight is 465 g/mol. The van der Waals surface area contributed by atoms with Gasteiger partial charge in [0.1, 0.15) is 5.82 Å². The van der Waals surface area contributed by atoms with Crippen molar-refractivity contribution in [2.45, 2.75) is 58.0 Å². The highest BCUT2D eigenvalue weighted by molar-refractivity contribution is 5.89. The normalized spacial score (nSPS) is 19.0. The zero-order valence-corrected chi connectivity index (χ0v) is 20.4. The Labute approximate surface area is 202 Å². The summed E-state index contributed by atoms with van der Waals surface area (Å²) in [6.45, 7) is 6.23. The number of aromatic nitrogens is 2. The number of benzene rings is 1. The standard InChI is InChI=1S/C26H36N6O2/c1-19-8-10-20(11-9-19)27-26(33)32-13-12-23-22(18-32)24(31-14-16-34-17-15-31)29-25(28-23)30(2)21-6-4-3-5-7-21/h8-11,21H,3-7,12-18H2,1-2H3,(H,27,33). The monoisotopic (exact) mass is 464 g/mol. The molecule has 0 radical (unpaired) electrons. The van der Waals surface area contributed by atoms with Crippen molar-refractivity contribution in [3.63, 3.8) is 0 Å². The number of ether oxygens (including phenoxy) is 1. The topological polar surface area (TPSA) is 73.8 Å². The first-order chi connectivity index (χ1) is 16.6. The predicted octanol–water partition coefficient (Wildman–Crippen LogP) is 3.98. The molecule has 0 atom stereocenters. The number of aryl methyl sites for hydroxylation is 1. The maximum Gasteiger partial charge on any atom is 0.322 e. The van der Waals surface area contributed by atoms with E-state index >= 15 is 0 Å². The van der Waals surface area contributed by atoms with Crippen LogP contribution < -0.4 is 15.1 Å². The number of hydrogen-bond acceptors (Lipinski definition) is 6. The van der Waals surface area contributed by atoms with Gasteiger partial charge in [0.25, 0.3) is 0 Å². The number of amides is 2. The number of carbonyl (C=O) groups is 1. The molecule has 1 N–H and O–H groups in total. The number of nitrogens with one attached hydrogen (secondary N) is 1. The van der Waals surface area contributed by atoms with Crippen molar-refractivity contribution in [1.82, 2.24) is 14.9 Å². The van der Waals surface area contributed by atoms with Crippen molar-refractivity contribution in [2.75, 3.05) is 55.0 Å². The molecule has 2 aliphatic heterocycles. The van der Waals surface area contributed by atoms with Crippen LogP contribution in [-0.2, 0) is 17.7 Å². The Hall–Kier alpha value is -2.87. The lowest BCUT2D eigenvalue weighted by molar-refractivity contribution is 0.122. The molecular weight excluding hydrogens is 428 g/mol. The summed E-state index contributed by atoms with van der Waals surface area (Å²) in [6, 6.07) is 8.34. The van der Waals surface area contributed by atoms with E-state index in [0.29, 0.717) is 32.3 Å². The van der Waals surface area contributed by atoms with E-state index in [2.05, 4.69) is 22.2 Å². The van der Waals surface area contributed by atoms with Gasteiger partial charge in [-0.15, -0.1) is 0 Å². The van der Waals surface area contributed by atoms with Crippen molar-refractivity contribution in [3.05, 3.63) is 41.1 Å². The van der Waals surface area contributed by atoms with Crippen LogP contribution in [0.15, 0.2) is 24.3 Å². The van der Waals surface area contributed by atoms with Crippen LogP contribution in [-0.4, -0.2) is 66.8 Å². The van der Waals surface area contributed by atoms with Crippen LogP contribution in [0.4, 0.5) is 22.2 Å². The summed E-state index contributed by atoms with van der Waals surface area (Å²) in [5.41, 5.74) is 4.14. The zero-order chi connectivity index (χ0) is 23.5. The molecule has 2 fully saturated rings. The molecule has 1 aliphatic carbocycles. The molecule has 3 heterocycles. The van der Waals surface area contributed by atoms with E-state index in [4.69, 9.17) is 14.7 Å². The average Bonchev–Trinajstić information content (AvgIpc) is 2.89. The number of fused-ring (bicyclic) bond motifs is 1. The third-order valence-electron chi connectivity index (χ3n) is 7.37. The minimum absolute atomic E-state index is 0.0779. The van der Waals surface area contributed by atoms with E-state index in [-0.39, 0.29) is 6.03 Å². The van der Waals surface area contributed by atoms with Crippen molar-refractivity contribution in [2.24, 2.45) is 0 Å². The van der Waals surface area contributed by atoms with E-state index in [1.54, 1.807) is 0 Å². The van der Waals surface area contributed by atoms with Crippen LogP contribution in [0.3, 0.4) is 0 Å². The third kappa shape index (κ3) is 4.97. The maximum atomic E-state index is 13.1. The van der Waals surface area contributed by atoms with Crippen LogP contribution >= 0.6 is 0 Å². The van der Waals surface area contributed by atoms with E-state index < -0.39 is 0 Å². The highest BCUT2D eigenvalue weighted by Crippen LogP contribution is 2.32. The van der Waals surface area contributed by atoms with E-state index in [0.717, 1.165) is 48.2 Å². The van der Waals surface area contributed by atoms with Crippen LogP contribution in [0.25, 0.3) is 0 Å². The molecule has 3 aliphatic rings. The van der Waals surface area contributed by atoms with Gasteiger partial charge >= 0.3 is 6.03 Å². The second-order valence-electron chi connectivity index (χ2n) is 9.74. The SMILES string of the molecule is Cc1ccc(NC(=O)N2CCc3nc(N(C)C4CCCCC4)nc(N4CCOCC4)c3C2)cc1. The molecule has 182 valence electrons. The quantitative estimate of drug-likeness (QED) is 0.738. The molecule has 34 heavy (non-hydrogen) atoms. The molecule has 8 heteroatoms. The number of nitrogens with zero attached hydrogens (tertiary/aromatic N) is 5. The van der Waals surface area contributed by atoms with Crippen LogP contribution in [0.2, 0.25) is 0 Å².